The average Bonchev–Trinajstić information content (AvgIpc) is 1.85. The number of carbonyl (C=O) groups excluding carboxylic acids is 1. The summed E-state index contributed by atoms with van der Waals surface area (Å²) in [7, 11) is 0. The van der Waals surface area contributed by atoms with E-state index in [9.17, 15) is 4.79 Å². The second-order valence-corrected chi connectivity index (χ2v) is 2.71. The van der Waals surface area contributed by atoms with Crippen LogP contribution in [0, 0.1) is 12.5 Å². The molecule has 1 rings (SSSR count). The SMILES string of the molecule is C[CH]OC(=O)OCC1CCC1. The smallest absolute Gasteiger partial charge is 0.434 e. The van der Waals surface area contributed by atoms with Crippen molar-refractivity contribution in [2.24, 2.45) is 5.92 Å². The molecule has 0 aromatic rings. The predicted molar refractivity (Wildman–Crippen MR) is 39.7 cm³/mol. The molecule has 1 aliphatic rings. The Bertz CT molecular complexity index is 129. The highest BCUT2D eigenvalue weighted by molar-refractivity contribution is 5.60. The van der Waals surface area contributed by atoms with Gasteiger partial charge in [-0.25, -0.2) is 4.79 Å². The molecule has 0 bridgehead atoms. The summed E-state index contributed by atoms with van der Waals surface area (Å²) in [6, 6.07) is 0. The Balaban J connectivity index is 1.96. The van der Waals surface area contributed by atoms with Gasteiger partial charge in [0, 0.05) is 0 Å². The molecule has 0 amide bonds. The van der Waals surface area contributed by atoms with Crippen LogP contribution in [-0.2, 0) is 9.47 Å². The van der Waals surface area contributed by atoms with Crippen molar-refractivity contribution < 1.29 is 14.3 Å². The third kappa shape index (κ3) is 2.78. The van der Waals surface area contributed by atoms with Gasteiger partial charge in [-0.1, -0.05) is 6.42 Å². The fourth-order valence-corrected chi connectivity index (χ4v) is 0.976. The zero-order chi connectivity index (χ0) is 8.10. The third-order valence-corrected chi connectivity index (χ3v) is 1.88. The van der Waals surface area contributed by atoms with E-state index in [1.807, 2.05) is 0 Å². The molecule has 1 saturated carbocycles. The highest BCUT2D eigenvalue weighted by Crippen LogP contribution is 2.26. The van der Waals surface area contributed by atoms with Crippen molar-refractivity contribution in [3.8, 4) is 0 Å². The second-order valence-electron chi connectivity index (χ2n) is 2.71. The molecule has 1 fully saturated rings. The number of rotatable bonds is 3. The molecular weight excluding hydrogens is 144 g/mol. The van der Waals surface area contributed by atoms with E-state index in [-0.39, 0.29) is 0 Å². The van der Waals surface area contributed by atoms with Crippen LogP contribution in [0.3, 0.4) is 0 Å². The molecule has 0 spiro atoms. The molecule has 0 saturated heterocycles. The summed E-state index contributed by atoms with van der Waals surface area (Å²) in [6.45, 7) is 3.49. The minimum atomic E-state index is -0.584. The van der Waals surface area contributed by atoms with Gasteiger partial charge in [-0.15, -0.1) is 0 Å². The Kier molecular flexibility index (Phi) is 3.20. The molecule has 0 aromatic carbocycles. The number of hydrogen-bond acceptors (Lipinski definition) is 3. The third-order valence-electron chi connectivity index (χ3n) is 1.88. The van der Waals surface area contributed by atoms with E-state index in [2.05, 4.69) is 4.74 Å². The Labute approximate surface area is 66.7 Å². The topological polar surface area (TPSA) is 35.5 Å². The molecule has 0 heterocycles. The number of hydrogen-bond donors (Lipinski definition) is 0. The molecule has 0 aromatic heterocycles. The lowest BCUT2D eigenvalue weighted by molar-refractivity contribution is 0.0494. The van der Waals surface area contributed by atoms with Gasteiger partial charge in [-0.3, -0.25) is 0 Å². The lowest BCUT2D eigenvalue weighted by atomic mass is 9.86. The van der Waals surface area contributed by atoms with E-state index in [1.165, 1.54) is 25.9 Å². The van der Waals surface area contributed by atoms with Crippen molar-refractivity contribution in [3.05, 3.63) is 6.61 Å². The van der Waals surface area contributed by atoms with Crippen LogP contribution in [0.15, 0.2) is 0 Å². The van der Waals surface area contributed by atoms with Crippen LogP contribution in [0.2, 0.25) is 0 Å². The van der Waals surface area contributed by atoms with E-state index in [0.29, 0.717) is 12.5 Å². The summed E-state index contributed by atoms with van der Waals surface area (Å²) in [4.78, 5) is 10.6. The molecule has 11 heavy (non-hydrogen) atoms. The summed E-state index contributed by atoms with van der Waals surface area (Å²) in [5, 5.41) is 0. The number of carbonyl (C=O) groups is 1. The minimum absolute atomic E-state index is 0.521. The maximum atomic E-state index is 10.6. The van der Waals surface area contributed by atoms with Crippen LogP contribution in [-0.4, -0.2) is 12.8 Å². The van der Waals surface area contributed by atoms with Gasteiger partial charge in [0.15, 0.2) is 0 Å². The molecule has 0 aliphatic heterocycles. The summed E-state index contributed by atoms with van der Waals surface area (Å²) < 4.78 is 9.27. The van der Waals surface area contributed by atoms with E-state index in [1.54, 1.807) is 6.92 Å². The molecule has 3 nitrogen and oxygen atoms in total. The van der Waals surface area contributed by atoms with Gasteiger partial charge in [0.05, 0.1) is 6.61 Å². The summed E-state index contributed by atoms with van der Waals surface area (Å²) in [6.07, 6.45) is 3.05. The van der Waals surface area contributed by atoms with Gasteiger partial charge in [0.2, 0.25) is 0 Å². The van der Waals surface area contributed by atoms with Crippen LogP contribution < -0.4 is 0 Å². The fraction of sp³-hybridized carbons (Fsp3) is 0.750. The van der Waals surface area contributed by atoms with Crippen LogP contribution in [0.1, 0.15) is 26.2 Å². The van der Waals surface area contributed by atoms with Crippen molar-refractivity contribution in [3.63, 3.8) is 0 Å². The van der Waals surface area contributed by atoms with E-state index >= 15 is 0 Å². The van der Waals surface area contributed by atoms with Gasteiger partial charge < -0.3 is 9.47 Å². The largest absolute Gasteiger partial charge is 0.508 e. The minimum Gasteiger partial charge on any atom is -0.434 e. The first-order valence-electron chi connectivity index (χ1n) is 3.94. The average molecular weight is 157 g/mol. The monoisotopic (exact) mass is 157 g/mol. The summed E-state index contributed by atoms with van der Waals surface area (Å²) in [5.74, 6) is 0.583. The molecule has 0 atom stereocenters. The molecular formula is C8H13O3. The van der Waals surface area contributed by atoms with Crippen molar-refractivity contribution >= 4 is 6.16 Å². The fourth-order valence-electron chi connectivity index (χ4n) is 0.976. The zero-order valence-electron chi connectivity index (χ0n) is 6.71. The quantitative estimate of drug-likeness (QED) is 0.588. The first-order chi connectivity index (χ1) is 5.33. The highest BCUT2D eigenvalue weighted by Gasteiger charge is 2.19. The van der Waals surface area contributed by atoms with Crippen LogP contribution in [0.5, 0.6) is 0 Å². The van der Waals surface area contributed by atoms with Crippen molar-refractivity contribution in [2.45, 2.75) is 26.2 Å². The van der Waals surface area contributed by atoms with Crippen molar-refractivity contribution in [1.82, 2.24) is 0 Å². The van der Waals surface area contributed by atoms with E-state index in [4.69, 9.17) is 4.74 Å². The van der Waals surface area contributed by atoms with Gasteiger partial charge in [0.25, 0.3) is 0 Å². The van der Waals surface area contributed by atoms with E-state index in [0.717, 1.165) is 0 Å². The maximum absolute atomic E-state index is 10.6. The number of ether oxygens (including phenoxy) is 2. The Hall–Kier alpha value is -0.730. The van der Waals surface area contributed by atoms with E-state index < -0.39 is 6.16 Å². The Morgan fingerprint density at radius 2 is 2.36 bits per heavy atom. The molecule has 3 heteroatoms. The van der Waals surface area contributed by atoms with Gasteiger partial charge in [-0.05, 0) is 25.7 Å². The standard InChI is InChI=1S/C8H13O3/c1-2-10-8(9)11-6-7-4-3-5-7/h2,7H,3-6H2,1H3. The lowest BCUT2D eigenvalue weighted by Crippen LogP contribution is -2.20. The summed E-state index contributed by atoms with van der Waals surface area (Å²) >= 11 is 0. The van der Waals surface area contributed by atoms with Gasteiger partial charge in [-0.2, -0.15) is 0 Å². The van der Waals surface area contributed by atoms with Crippen molar-refractivity contribution in [2.75, 3.05) is 6.61 Å². The van der Waals surface area contributed by atoms with Gasteiger partial charge in [0.1, 0.15) is 6.61 Å². The molecule has 1 radical (unpaired) electrons. The first kappa shape index (κ1) is 8.37. The summed E-state index contributed by atoms with van der Waals surface area (Å²) in [5.41, 5.74) is 0. The second kappa shape index (κ2) is 4.21. The van der Waals surface area contributed by atoms with Crippen molar-refractivity contribution in [1.29, 1.82) is 0 Å². The first-order valence-corrected chi connectivity index (χ1v) is 3.94. The zero-order valence-corrected chi connectivity index (χ0v) is 6.71. The van der Waals surface area contributed by atoms with Crippen LogP contribution in [0.4, 0.5) is 4.79 Å². The molecule has 1 aliphatic carbocycles. The van der Waals surface area contributed by atoms with Gasteiger partial charge >= 0.3 is 6.16 Å². The maximum Gasteiger partial charge on any atom is 0.508 e. The van der Waals surface area contributed by atoms with Crippen LogP contribution >= 0.6 is 0 Å². The lowest BCUT2D eigenvalue weighted by Gasteiger charge is -2.24. The molecule has 63 valence electrons. The molecule has 0 unspecified atom stereocenters. The predicted octanol–water partition coefficient (Wildman–Crippen LogP) is 2.12. The normalized spacial score (nSPS) is 17.2. The highest BCUT2D eigenvalue weighted by atomic mass is 16.7. The van der Waals surface area contributed by atoms with Crippen LogP contribution in [0.25, 0.3) is 0 Å². The Morgan fingerprint density at radius 3 is 2.82 bits per heavy atom. The Morgan fingerprint density at radius 1 is 1.64 bits per heavy atom. The molecule has 0 N–H and O–H groups in total.